The summed E-state index contributed by atoms with van der Waals surface area (Å²) in [4.78, 5) is 25.9. The van der Waals surface area contributed by atoms with Crippen LogP contribution < -0.4 is 15.4 Å². The molecule has 0 unspecified atom stereocenters. The molecule has 3 rings (SSSR count). The van der Waals surface area contributed by atoms with Crippen molar-refractivity contribution in [1.82, 2.24) is 5.32 Å². The van der Waals surface area contributed by atoms with Crippen molar-refractivity contribution in [1.29, 1.82) is 0 Å². The molecule has 5 nitrogen and oxygen atoms in total. The van der Waals surface area contributed by atoms with Gasteiger partial charge in [-0.15, -0.1) is 11.8 Å². The fourth-order valence-electron chi connectivity index (χ4n) is 2.67. The fraction of sp³-hybridized carbons (Fsp3) is 0.130. The third-order valence-corrected chi connectivity index (χ3v) is 4.90. The predicted octanol–water partition coefficient (Wildman–Crippen LogP) is 4.36. The molecular formula is C23H22N2O3S. The number of hydrogen-bond donors (Lipinski definition) is 2. The summed E-state index contributed by atoms with van der Waals surface area (Å²) in [6, 6.07) is 24.1. The summed E-state index contributed by atoms with van der Waals surface area (Å²) in [5.41, 5.74) is 2.09. The van der Waals surface area contributed by atoms with Crippen LogP contribution in [-0.2, 0) is 11.3 Å². The van der Waals surface area contributed by atoms with Crippen molar-refractivity contribution in [2.45, 2.75) is 11.4 Å². The summed E-state index contributed by atoms with van der Waals surface area (Å²) in [6.07, 6.45) is 1.99. The molecule has 0 bridgehead atoms. The average molecular weight is 407 g/mol. The van der Waals surface area contributed by atoms with Gasteiger partial charge in [0.05, 0.1) is 5.56 Å². The normalized spacial score (nSPS) is 10.2. The topological polar surface area (TPSA) is 67.4 Å². The second kappa shape index (κ2) is 10.3. The van der Waals surface area contributed by atoms with E-state index in [0.717, 1.165) is 10.5 Å². The van der Waals surface area contributed by atoms with Crippen LogP contribution in [0.2, 0.25) is 0 Å². The smallest absolute Gasteiger partial charge is 0.262 e. The summed E-state index contributed by atoms with van der Waals surface area (Å²) in [7, 11) is 0. The number of amides is 2. The van der Waals surface area contributed by atoms with Gasteiger partial charge in [0.2, 0.25) is 0 Å². The van der Waals surface area contributed by atoms with Crippen molar-refractivity contribution >= 4 is 29.3 Å². The highest BCUT2D eigenvalue weighted by Crippen LogP contribution is 2.19. The summed E-state index contributed by atoms with van der Waals surface area (Å²) >= 11 is 1.64. The average Bonchev–Trinajstić information content (AvgIpc) is 2.77. The SMILES string of the molecule is CSc1ccc(NC(=O)COc2ccccc2C(=O)NCc2ccccc2)cc1. The van der Waals surface area contributed by atoms with Crippen LogP contribution in [0.25, 0.3) is 0 Å². The minimum Gasteiger partial charge on any atom is -0.483 e. The molecular weight excluding hydrogens is 384 g/mol. The van der Waals surface area contributed by atoms with Gasteiger partial charge in [0.1, 0.15) is 5.75 Å². The molecule has 0 spiro atoms. The number of hydrogen-bond acceptors (Lipinski definition) is 4. The van der Waals surface area contributed by atoms with Gasteiger partial charge in [-0.25, -0.2) is 0 Å². The Kier molecular flexibility index (Phi) is 7.30. The van der Waals surface area contributed by atoms with E-state index in [0.29, 0.717) is 23.5 Å². The molecule has 3 aromatic carbocycles. The lowest BCUT2D eigenvalue weighted by Gasteiger charge is -2.12. The van der Waals surface area contributed by atoms with Crippen molar-refractivity contribution in [3.8, 4) is 5.75 Å². The lowest BCUT2D eigenvalue weighted by molar-refractivity contribution is -0.118. The summed E-state index contributed by atoms with van der Waals surface area (Å²) in [5, 5.41) is 5.66. The molecule has 0 saturated carbocycles. The number of para-hydroxylation sites is 1. The number of nitrogens with one attached hydrogen (secondary N) is 2. The molecule has 148 valence electrons. The molecule has 0 fully saturated rings. The molecule has 0 heterocycles. The number of rotatable bonds is 8. The van der Waals surface area contributed by atoms with Gasteiger partial charge in [-0.05, 0) is 48.2 Å². The van der Waals surface area contributed by atoms with Crippen LogP contribution in [0.15, 0.2) is 83.8 Å². The largest absolute Gasteiger partial charge is 0.483 e. The van der Waals surface area contributed by atoms with Gasteiger partial charge in [-0.1, -0.05) is 42.5 Å². The molecule has 0 saturated heterocycles. The lowest BCUT2D eigenvalue weighted by Crippen LogP contribution is -2.25. The highest BCUT2D eigenvalue weighted by atomic mass is 32.2. The van der Waals surface area contributed by atoms with Gasteiger partial charge in [0, 0.05) is 17.1 Å². The van der Waals surface area contributed by atoms with Gasteiger partial charge in [-0.2, -0.15) is 0 Å². The zero-order valence-electron chi connectivity index (χ0n) is 16.1. The fourth-order valence-corrected chi connectivity index (χ4v) is 3.08. The van der Waals surface area contributed by atoms with Gasteiger partial charge < -0.3 is 15.4 Å². The third kappa shape index (κ3) is 6.12. The van der Waals surface area contributed by atoms with E-state index >= 15 is 0 Å². The van der Waals surface area contributed by atoms with Gasteiger partial charge in [0.15, 0.2) is 6.61 Å². The van der Waals surface area contributed by atoms with E-state index in [4.69, 9.17) is 4.74 Å². The summed E-state index contributed by atoms with van der Waals surface area (Å²) in [5.74, 6) is -0.176. The molecule has 0 aliphatic heterocycles. The monoisotopic (exact) mass is 406 g/mol. The first-order valence-electron chi connectivity index (χ1n) is 9.13. The molecule has 0 atom stereocenters. The van der Waals surface area contributed by atoms with Crippen LogP contribution in [0.3, 0.4) is 0 Å². The molecule has 29 heavy (non-hydrogen) atoms. The van der Waals surface area contributed by atoms with Crippen molar-refractivity contribution in [2.24, 2.45) is 0 Å². The van der Waals surface area contributed by atoms with E-state index in [1.807, 2.05) is 60.9 Å². The number of ether oxygens (including phenoxy) is 1. The van der Waals surface area contributed by atoms with E-state index in [-0.39, 0.29) is 18.4 Å². The molecule has 0 radical (unpaired) electrons. The Labute approximate surface area is 174 Å². The summed E-state index contributed by atoms with van der Waals surface area (Å²) in [6.45, 7) is 0.230. The Hall–Kier alpha value is -3.25. The maximum absolute atomic E-state index is 12.5. The van der Waals surface area contributed by atoms with Crippen LogP contribution in [-0.4, -0.2) is 24.7 Å². The van der Waals surface area contributed by atoms with Crippen LogP contribution in [0.4, 0.5) is 5.69 Å². The zero-order chi connectivity index (χ0) is 20.5. The maximum atomic E-state index is 12.5. The highest BCUT2D eigenvalue weighted by molar-refractivity contribution is 7.98. The molecule has 0 aliphatic carbocycles. The van der Waals surface area contributed by atoms with E-state index in [1.165, 1.54) is 0 Å². The second-order valence-electron chi connectivity index (χ2n) is 6.23. The Morgan fingerprint density at radius 3 is 2.31 bits per heavy atom. The maximum Gasteiger partial charge on any atom is 0.262 e. The standard InChI is InChI=1S/C23H22N2O3S/c1-29-19-13-11-18(12-14-19)25-22(26)16-28-21-10-6-5-9-20(21)23(27)24-15-17-7-3-2-4-8-17/h2-14H,15-16H2,1H3,(H,24,27)(H,25,26). The third-order valence-electron chi connectivity index (χ3n) is 4.16. The van der Waals surface area contributed by atoms with E-state index in [9.17, 15) is 9.59 Å². The predicted molar refractivity (Wildman–Crippen MR) is 116 cm³/mol. The Morgan fingerprint density at radius 2 is 1.59 bits per heavy atom. The lowest BCUT2D eigenvalue weighted by atomic mass is 10.1. The summed E-state index contributed by atoms with van der Waals surface area (Å²) < 4.78 is 5.61. The first-order valence-corrected chi connectivity index (χ1v) is 10.4. The van der Waals surface area contributed by atoms with E-state index in [2.05, 4.69) is 10.6 Å². The Bertz CT molecular complexity index is 959. The van der Waals surface area contributed by atoms with Crippen molar-refractivity contribution < 1.29 is 14.3 Å². The van der Waals surface area contributed by atoms with Crippen LogP contribution in [0.5, 0.6) is 5.75 Å². The number of thioether (sulfide) groups is 1. The number of anilines is 1. The van der Waals surface area contributed by atoms with Crippen LogP contribution in [0, 0.1) is 0 Å². The minimum absolute atomic E-state index is 0.187. The second-order valence-corrected chi connectivity index (χ2v) is 7.11. The molecule has 0 aliphatic rings. The quantitative estimate of drug-likeness (QED) is 0.546. The Balaban J connectivity index is 1.56. The van der Waals surface area contributed by atoms with Crippen LogP contribution in [0.1, 0.15) is 15.9 Å². The molecule has 2 amide bonds. The number of carbonyl (C=O) groups excluding carboxylic acids is 2. The number of benzene rings is 3. The molecule has 6 heteroatoms. The van der Waals surface area contributed by atoms with Crippen molar-refractivity contribution in [3.05, 3.63) is 90.0 Å². The molecule has 0 aromatic heterocycles. The first-order chi connectivity index (χ1) is 14.2. The first kappa shape index (κ1) is 20.5. The Morgan fingerprint density at radius 1 is 0.897 bits per heavy atom. The van der Waals surface area contributed by atoms with Crippen LogP contribution >= 0.6 is 11.8 Å². The van der Waals surface area contributed by atoms with Crippen molar-refractivity contribution in [2.75, 3.05) is 18.2 Å². The molecule has 2 N–H and O–H groups in total. The number of carbonyl (C=O) groups is 2. The minimum atomic E-state index is -0.290. The molecule has 3 aromatic rings. The van der Waals surface area contributed by atoms with Crippen molar-refractivity contribution in [3.63, 3.8) is 0 Å². The zero-order valence-corrected chi connectivity index (χ0v) is 16.9. The van der Waals surface area contributed by atoms with Gasteiger partial charge >= 0.3 is 0 Å². The van der Waals surface area contributed by atoms with Gasteiger partial charge in [-0.3, -0.25) is 9.59 Å². The highest BCUT2D eigenvalue weighted by Gasteiger charge is 2.13. The van der Waals surface area contributed by atoms with E-state index < -0.39 is 0 Å². The van der Waals surface area contributed by atoms with Gasteiger partial charge in [0.25, 0.3) is 11.8 Å². The van der Waals surface area contributed by atoms with E-state index in [1.54, 1.807) is 36.0 Å².